The molecule has 1 saturated carbocycles. The minimum atomic E-state index is -0.645. The van der Waals surface area contributed by atoms with Crippen molar-refractivity contribution in [2.45, 2.75) is 64.5 Å². The van der Waals surface area contributed by atoms with Crippen molar-refractivity contribution in [3.05, 3.63) is 35.6 Å². The molecule has 1 fully saturated rings. The van der Waals surface area contributed by atoms with Crippen molar-refractivity contribution in [1.29, 1.82) is 0 Å². The fourth-order valence-electron chi connectivity index (χ4n) is 3.11. The van der Waals surface area contributed by atoms with Crippen LogP contribution in [-0.2, 0) is 0 Å². The average molecular weight is 293 g/mol. The molecular formula is C18H28FNO. The van der Waals surface area contributed by atoms with E-state index >= 15 is 0 Å². The zero-order valence-corrected chi connectivity index (χ0v) is 13.5. The molecule has 21 heavy (non-hydrogen) atoms. The summed E-state index contributed by atoms with van der Waals surface area (Å²) in [7, 11) is 0. The van der Waals surface area contributed by atoms with Crippen LogP contribution in [0.3, 0.4) is 0 Å². The minimum absolute atomic E-state index is 0.0369. The van der Waals surface area contributed by atoms with Crippen LogP contribution in [0.15, 0.2) is 24.3 Å². The van der Waals surface area contributed by atoms with Gasteiger partial charge in [-0.2, -0.15) is 0 Å². The fourth-order valence-corrected chi connectivity index (χ4v) is 3.11. The lowest BCUT2D eigenvalue weighted by Crippen LogP contribution is -2.45. The highest BCUT2D eigenvalue weighted by Gasteiger charge is 2.36. The SMILES string of the molecule is CCC(NCC1(O)CCC(C)(C)CC1)c1ccccc1F. The topological polar surface area (TPSA) is 32.3 Å². The summed E-state index contributed by atoms with van der Waals surface area (Å²) in [6, 6.07) is 6.86. The highest BCUT2D eigenvalue weighted by atomic mass is 19.1. The first-order valence-electron chi connectivity index (χ1n) is 8.05. The molecule has 2 rings (SSSR count). The molecule has 0 radical (unpaired) electrons. The second-order valence-corrected chi connectivity index (χ2v) is 7.25. The van der Waals surface area contributed by atoms with Crippen LogP contribution in [0.5, 0.6) is 0 Å². The van der Waals surface area contributed by atoms with Crippen LogP contribution < -0.4 is 5.32 Å². The van der Waals surface area contributed by atoms with Gasteiger partial charge >= 0.3 is 0 Å². The second-order valence-electron chi connectivity index (χ2n) is 7.25. The Morgan fingerprint density at radius 2 is 1.81 bits per heavy atom. The van der Waals surface area contributed by atoms with Gasteiger partial charge < -0.3 is 10.4 Å². The van der Waals surface area contributed by atoms with E-state index in [2.05, 4.69) is 19.2 Å². The van der Waals surface area contributed by atoms with Gasteiger partial charge in [0.15, 0.2) is 0 Å². The normalized spacial score (nSPS) is 22.0. The molecule has 1 aromatic rings. The van der Waals surface area contributed by atoms with Crippen molar-refractivity contribution in [3.8, 4) is 0 Å². The standard InChI is InChI=1S/C18H28FNO/c1-4-16(14-7-5-6-8-15(14)19)20-13-18(21)11-9-17(2,3)10-12-18/h5-8,16,20-21H,4,9-13H2,1-3H3. The van der Waals surface area contributed by atoms with E-state index in [1.165, 1.54) is 6.07 Å². The summed E-state index contributed by atoms with van der Waals surface area (Å²) in [5.41, 5.74) is 0.385. The van der Waals surface area contributed by atoms with Gasteiger partial charge in [0.25, 0.3) is 0 Å². The lowest BCUT2D eigenvalue weighted by Gasteiger charge is -2.41. The summed E-state index contributed by atoms with van der Waals surface area (Å²) in [5.74, 6) is -0.173. The molecule has 0 aliphatic heterocycles. The first-order valence-corrected chi connectivity index (χ1v) is 8.05. The van der Waals surface area contributed by atoms with Gasteiger partial charge in [-0.3, -0.25) is 0 Å². The minimum Gasteiger partial charge on any atom is -0.389 e. The number of nitrogens with one attached hydrogen (secondary N) is 1. The quantitative estimate of drug-likeness (QED) is 0.853. The molecule has 3 heteroatoms. The number of rotatable bonds is 5. The molecule has 1 atom stereocenters. The van der Waals surface area contributed by atoms with Crippen LogP contribution in [-0.4, -0.2) is 17.3 Å². The van der Waals surface area contributed by atoms with Crippen molar-refractivity contribution < 1.29 is 9.50 Å². The van der Waals surface area contributed by atoms with Crippen molar-refractivity contribution >= 4 is 0 Å². The molecule has 0 saturated heterocycles. The zero-order chi connectivity index (χ0) is 15.5. The molecule has 1 aliphatic carbocycles. The molecule has 2 N–H and O–H groups in total. The summed E-state index contributed by atoms with van der Waals surface area (Å²) in [6.45, 7) is 7.09. The molecule has 0 spiro atoms. The van der Waals surface area contributed by atoms with Crippen LogP contribution in [0.25, 0.3) is 0 Å². The van der Waals surface area contributed by atoms with Gasteiger partial charge in [0.2, 0.25) is 0 Å². The third-order valence-corrected chi connectivity index (χ3v) is 4.90. The Bertz CT molecular complexity index is 462. The Balaban J connectivity index is 1.96. The van der Waals surface area contributed by atoms with Gasteiger partial charge in [-0.25, -0.2) is 4.39 Å². The van der Waals surface area contributed by atoms with Gasteiger partial charge in [-0.1, -0.05) is 39.0 Å². The number of hydrogen-bond donors (Lipinski definition) is 2. The van der Waals surface area contributed by atoms with E-state index in [9.17, 15) is 9.50 Å². The van der Waals surface area contributed by atoms with E-state index in [1.54, 1.807) is 6.07 Å². The summed E-state index contributed by atoms with van der Waals surface area (Å²) < 4.78 is 13.9. The Kier molecular flexibility index (Phi) is 5.05. The number of benzene rings is 1. The Morgan fingerprint density at radius 3 is 2.38 bits per heavy atom. The van der Waals surface area contributed by atoms with Crippen LogP contribution >= 0.6 is 0 Å². The zero-order valence-electron chi connectivity index (χ0n) is 13.5. The second kappa shape index (κ2) is 6.45. The first-order chi connectivity index (χ1) is 9.85. The number of hydrogen-bond acceptors (Lipinski definition) is 2. The lowest BCUT2D eigenvalue weighted by molar-refractivity contribution is -0.0262. The average Bonchev–Trinajstić information content (AvgIpc) is 2.45. The van der Waals surface area contributed by atoms with E-state index < -0.39 is 5.60 Å². The van der Waals surface area contributed by atoms with E-state index in [0.717, 1.165) is 32.1 Å². The summed E-state index contributed by atoms with van der Waals surface area (Å²) in [6.07, 6.45) is 4.53. The molecule has 0 heterocycles. The van der Waals surface area contributed by atoms with E-state index in [-0.39, 0.29) is 11.9 Å². The van der Waals surface area contributed by atoms with Crippen LogP contribution in [0.2, 0.25) is 0 Å². The van der Waals surface area contributed by atoms with Crippen LogP contribution in [0.1, 0.15) is 64.5 Å². The van der Waals surface area contributed by atoms with Crippen molar-refractivity contribution in [2.24, 2.45) is 5.41 Å². The molecule has 118 valence electrons. The Morgan fingerprint density at radius 1 is 1.19 bits per heavy atom. The van der Waals surface area contributed by atoms with Crippen molar-refractivity contribution in [3.63, 3.8) is 0 Å². The van der Waals surface area contributed by atoms with Crippen LogP contribution in [0, 0.1) is 11.2 Å². The maximum atomic E-state index is 13.9. The predicted octanol–water partition coefficient (Wildman–Crippen LogP) is 4.20. The summed E-state index contributed by atoms with van der Waals surface area (Å²) >= 11 is 0. The van der Waals surface area contributed by atoms with Gasteiger partial charge in [-0.15, -0.1) is 0 Å². The predicted molar refractivity (Wildman–Crippen MR) is 84.6 cm³/mol. The van der Waals surface area contributed by atoms with E-state index in [0.29, 0.717) is 17.5 Å². The largest absolute Gasteiger partial charge is 0.389 e. The van der Waals surface area contributed by atoms with Gasteiger partial charge in [-0.05, 0) is 43.6 Å². The maximum absolute atomic E-state index is 13.9. The van der Waals surface area contributed by atoms with E-state index in [1.807, 2.05) is 19.1 Å². The maximum Gasteiger partial charge on any atom is 0.127 e. The first kappa shape index (κ1) is 16.4. The number of halogens is 1. The van der Waals surface area contributed by atoms with Gasteiger partial charge in [0.1, 0.15) is 5.82 Å². The number of aliphatic hydroxyl groups is 1. The smallest absolute Gasteiger partial charge is 0.127 e. The molecular weight excluding hydrogens is 265 g/mol. The van der Waals surface area contributed by atoms with Crippen molar-refractivity contribution in [1.82, 2.24) is 5.32 Å². The summed E-state index contributed by atoms with van der Waals surface area (Å²) in [4.78, 5) is 0. The molecule has 1 aliphatic rings. The molecule has 1 aromatic carbocycles. The highest BCUT2D eigenvalue weighted by molar-refractivity contribution is 5.21. The van der Waals surface area contributed by atoms with Gasteiger partial charge in [0.05, 0.1) is 5.60 Å². The summed E-state index contributed by atoms with van der Waals surface area (Å²) in [5, 5.41) is 14.1. The van der Waals surface area contributed by atoms with Gasteiger partial charge in [0, 0.05) is 18.2 Å². The highest BCUT2D eigenvalue weighted by Crippen LogP contribution is 2.40. The molecule has 2 nitrogen and oxygen atoms in total. The molecule has 0 bridgehead atoms. The molecule has 0 aromatic heterocycles. The molecule has 1 unspecified atom stereocenters. The van der Waals surface area contributed by atoms with Crippen LogP contribution in [0.4, 0.5) is 4.39 Å². The third kappa shape index (κ3) is 4.27. The fraction of sp³-hybridized carbons (Fsp3) is 0.667. The van der Waals surface area contributed by atoms with Crippen molar-refractivity contribution in [2.75, 3.05) is 6.54 Å². The Hall–Kier alpha value is -0.930. The Labute approximate surface area is 127 Å². The molecule has 0 amide bonds. The third-order valence-electron chi connectivity index (χ3n) is 4.90. The lowest BCUT2D eigenvalue weighted by atomic mass is 9.71. The van der Waals surface area contributed by atoms with E-state index in [4.69, 9.17) is 0 Å². The monoisotopic (exact) mass is 293 g/mol.